The largest absolute Gasteiger partial charge is 0.417 e. The minimum Gasteiger partial charge on any atom is -0.377 e. The first-order valence-electron chi connectivity index (χ1n) is 35.0. The molecule has 3 heterocycles. The topological polar surface area (TPSA) is 259 Å². The van der Waals surface area contributed by atoms with Crippen molar-refractivity contribution in [3.63, 3.8) is 0 Å². The molecular formula is C71H100ClF6N11O12. The molecule has 0 radical (unpaired) electrons. The van der Waals surface area contributed by atoms with Gasteiger partial charge in [0.15, 0.2) is 0 Å². The number of carbonyl (C=O) groups excluding carboxylic acids is 11. The van der Waals surface area contributed by atoms with Crippen LogP contribution in [-0.4, -0.2) is 239 Å². The Morgan fingerprint density at radius 1 is 0.653 bits per heavy atom. The predicted molar refractivity (Wildman–Crippen MR) is 361 cm³/mol. The number of amides is 11. The molecule has 2 aromatic carbocycles. The molecule has 3 N–H and O–H groups in total. The summed E-state index contributed by atoms with van der Waals surface area (Å²) in [6.45, 7) is 11.2. The molecule has 1 unspecified atom stereocenters. The number of carbonyl (C=O) groups is 11. The van der Waals surface area contributed by atoms with Gasteiger partial charge in [0.2, 0.25) is 65.0 Å². The first kappa shape index (κ1) is 80.7. The highest BCUT2D eigenvalue weighted by Gasteiger charge is 2.54. The number of halogens is 7. The third-order valence-electron chi connectivity index (χ3n) is 21.3. The Bertz CT molecular complexity index is 3370. The molecule has 11 amide bonds. The second-order valence-corrected chi connectivity index (χ2v) is 29.1. The Morgan fingerprint density at radius 3 is 1.83 bits per heavy atom. The van der Waals surface area contributed by atoms with Crippen LogP contribution in [0, 0.1) is 17.8 Å². The molecule has 2 aliphatic carbocycles. The van der Waals surface area contributed by atoms with E-state index in [9.17, 15) is 59.9 Å². The van der Waals surface area contributed by atoms with E-state index in [1.54, 1.807) is 20.8 Å². The highest BCUT2D eigenvalue weighted by molar-refractivity contribution is 6.31. The van der Waals surface area contributed by atoms with E-state index in [1.165, 1.54) is 73.7 Å². The third-order valence-corrected chi connectivity index (χ3v) is 21.6. The van der Waals surface area contributed by atoms with Crippen LogP contribution in [0.1, 0.15) is 154 Å². The number of rotatable bonds is 12. The van der Waals surface area contributed by atoms with Gasteiger partial charge in [0.05, 0.1) is 28.8 Å². The van der Waals surface area contributed by atoms with Crippen molar-refractivity contribution in [3.8, 4) is 0 Å². The fourth-order valence-corrected chi connectivity index (χ4v) is 14.6. The molecule has 30 heteroatoms. The van der Waals surface area contributed by atoms with Crippen molar-refractivity contribution in [3.05, 3.63) is 69.7 Å². The number of hydrogen-bond donors (Lipinski definition) is 3. The number of likely N-dealkylation sites (N-methyl/N-ethyl adjacent to an activating group) is 6. The van der Waals surface area contributed by atoms with Gasteiger partial charge < -0.3 is 59.9 Å². The van der Waals surface area contributed by atoms with Crippen LogP contribution in [0.2, 0.25) is 5.02 Å². The number of benzene rings is 2. The number of nitrogens with one attached hydrogen (secondary N) is 3. The molecule has 560 valence electrons. The number of aryl methyl sites for hydroxylation is 1. The SMILES string of the molecule is CCO[C@@H]1CC2C(=O)NC3(CCC3)C(=O)N(C)[C@@H](C3CCCC3)C(=O)N(C)[C@H](C)CC(=O)N(C)[C@@H](CC(C)C)C(=O)N[C@@H]([C@@H](C)CC)C(=O)N(C)[C@@H](C)C(=O)N3CC[C@H]3C(=O)N(C)[C@@H](Cc3ccc(C(F)(F)F)cc3)C(=O)N(C)CC(=O)N[C@@H](CCc3ccc(C(F)(F)F)c(Cl)c3)C(=O)N2C1. The summed E-state index contributed by atoms with van der Waals surface area (Å²) in [5.74, 6) is -8.82. The summed E-state index contributed by atoms with van der Waals surface area (Å²) in [7, 11) is 8.34. The summed E-state index contributed by atoms with van der Waals surface area (Å²) in [4.78, 5) is 173. The highest BCUT2D eigenvalue weighted by atomic mass is 35.5. The summed E-state index contributed by atoms with van der Waals surface area (Å²) in [5, 5.41) is 7.89. The van der Waals surface area contributed by atoms with E-state index < -0.39 is 178 Å². The normalized spacial score (nSPS) is 27.4. The summed E-state index contributed by atoms with van der Waals surface area (Å²) in [6, 6.07) is -4.37. The monoisotopic (exact) mass is 1450 g/mol. The van der Waals surface area contributed by atoms with Crippen LogP contribution >= 0.6 is 11.6 Å². The van der Waals surface area contributed by atoms with Crippen LogP contribution in [-0.2, 0) is 82.7 Å². The molecule has 5 aliphatic rings. The lowest BCUT2D eigenvalue weighted by molar-refractivity contribution is -0.160. The minimum absolute atomic E-state index is 0.0257. The summed E-state index contributed by atoms with van der Waals surface area (Å²) in [5.41, 5.74) is -3.32. The van der Waals surface area contributed by atoms with Gasteiger partial charge in [0.25, 0.3) is 0 Å². The van der Waals surface area contributed by atoms with E-state index in [0.717, 1.165) is 70.0 Å². The molecule has 3 saturated heterocycles. The molecule has 0 aromatic heterocycles. The first-order chi connectivity index (χ1) is 47.3. The fraction of sp³-hybridized carbons (Fsp3) is 0.676. The fourth-order valence-electron chi connectivity index (χ4n) is 14.3. The van der Waals surface area contributed by atoms with Crippen molar-refractivity contribution in [2.24, 2.45) is 17.8 Å². The van der Waals surface area contributed by atoms with Crippen molar-refractivity contribution < 1.29 is 83.8 Å². The number of hydrogen-bond acceptors (Lipinski definition) is 12. The van der Waals surface area contributed by atoms with E-state index >= 15 is 19.2 Å². The van der Waals surface area contributed by atoms with E-state index in [-0.39, 0.29) is 94.0 Å². The van der Waals surface area contributed by atoms with Gasteiger partial charge in [0.1, 0.15) is 53.9 Å². The molecule has 2 saturated carbocycles. The molecule has 0 bridgehead atoms. The van der Waals surface area contributed by atoms with Crippen LogP contribution < -0.4 is 16.0 Å². The van der Waals surface area contributed by atoms with Crippen molar-refractivity contribution in [1.29, 1.82) is 0 Å². The van der Waals surface area contributed by atoms with Gasteiger partial charge in [-0.3, -0.25) is 52.7 Å². The van der Waals surface area contributed by atoms with Crippen molar-refractivity contribution >= 4 is 76.6 Å². The molecule has 11 atom stereocenters. The van der Waals surface area contributed by atoms with Gasteiger partial charge in [-0.15, -0.1) is 0 Å². The Kier molecular flexibility index (Phi) is 26.9. The second kappa shape index (κ2) is 33.7. The van der Waals surface area contributed by atoms with Crippen LogP contribution in [0.25, 0.3) is 0 Å². The molecule has 5 fully saturated rings. The van der Waals surface area contributed by atoms with E-state index in [2.05, 4.69) is 16.0 Å². The number of nitrogens with zero attached hydrogens (tertiary/aromatic N) is 8. The van der Waals surface area contributed by atoms with Gasteiger partial charge >= 0.3 is 12.4 Å². The van der Waals surface area contributed by atoms with Gasteiger partial charge in [0, 0.05) is 87.3 Å². The maximum atomic E-state index is 15.4. The lowest BCUT2D eigenvalue weighted by Gasteiger charge is -2.46. The average molecular weight is 1450 g/mol. The Labute approximate surface area is 592 Å². The average Bonchev–Trinajstić information content (AvgIpc) is 1.71. The van der Waals surface area contributed by atoms with E-state index in [4.69, 9.17) is 16.3 Å². The minimum atomic E-state index is -4.81. The maximum absolute atomic E-state index is 15.4. The maximum Gasteiger partial charge on any atom is 0.417 e. The summed E-state index contributed by atoms with van der Waals surface area (Å²) >= 11 is 6.14. The number of alkyl halides is 6. The standard InChI is InChI=1S/C71H100ClF6N11O12/c1-14-41(5)58-66(98)84(10)43(7)62(94)88-32-29-52(88)65(97)86(12)55(36-45-21-25-47(26-22-45)70(73,74)75)64(96)82(8)39-56(90)79-51(28-24-44-23-27-49(50(72)35-44)71(76,77)78)63(95)89-38-48(101-15-2)37-54(89)61(93)81-69(30-18-31-69)68(100)87(13)59(46-19-16-17-20-46)67(99)83(9)42(6)34-57(91)85(11)53(33-40(3)4)60(92)80-58/h21-23,25-27,35,40-43,46,48,51-55,58-59H,14-20,24,28-34,36-39H2,1-13H3,(H,79,90)(H,80,92)(H,81,93)/t41-,42+,43-,48+,51-,52-,53-,54?,55-,58-,59-/m0/s1. The van der Waals surface area contributed by atoms with Crippen LogP contribution in [0.5, 0.6) is 0 Å². The Balaban J connectivity index is 1.29. The van der Waals surface area contributed by atoms with E-state index in [0.29, 0.717) is 25.7 Å². The molecule has 2 aromatic rings. The van der Waals surface area contributed by atoms with Crippen LogP contribution in [0.15, 0.2) is 42.5 Å². The van der Waals surface area contributed by atoms with E-state index in [1.807, 2.05) is 20.8 Å². The lowest BCUT2D eigenvalue weighted by Crippen LogP contribution is -2.68. The van der Waals surface area contributed by atoms with Crippen molar-refractivity contribution in [2.45, 2.75) is 223 Å². The van der Waals surface area contributed by atoms with Crippen LogP contribution in [0.3, 0.4) is 0 Å². The van der Waals surface area contributed by atoms with Gasteiger partial charge in [-0.05, 0) is 132 Å². The molecule has 7 rings (SSSR count). The summed E-state index contributed by atoms with van der Waals surface area (Å²) < 4.78 is 89.2. The summed E-state index contributed by atoms with van der Waals surface area (Å²) in [6.07, 6.45) is -7.45. The zero-order valence-electron chi connectivity index (χ0n) is 60.1. The first-order valence-corrected chi connectivity index (χ1v) is 35.4. The Hall–Kier alpha value is -7.56. The molecule has 101 heavy (non-hydrogen) atoms. The van der Waals surface area contributed by atoms with Gasteiger partial charge in [-0.2, -0.15) is 26.3 Å². The quantitative estimate of drug-likeness (QED) is 0.193. The lowest BCUT2D eigenvalue weighted by atomic mass is 9.74. The predicted octanol–water partition coefficient (Wildman–Crippen LogP) is 6.49. The molecule has 23 nitrogen and oxygen atoms in total. The third kappa shape index (κ3) is 18.8. The smallest absolute Gasteiger partial charge is 0.377 e. The van der Waals surface area contributed by atoms with Crippen molar-refractivity contribution in [1.82, 2.24) is 55.1 Å². The second-order valence-electron chi connectivity index (χ2n) is 28.7. The Morgan fingerprint density at radius 2 is 1.29 bits per heavy atom. The molecular weight excluding hydrogens is 1350 g/mol. The van der Waals surface area contributed by atoms with Gasteiger partial charge in [-0.1, -0.05) is 76.8 Å². The zero-order chi connectivity index (χ0) is 75.1. The number of fused-ring (bicyclic) bond motifs is 2. The number of ether oxygens (including phenoxy) is 1. The zero-order valence-corrected chi connectivity index (χ0v) is 60.9. The van der Waals surface area contributed by atoms with Crippen molar-refractivity contribution in [2.75, 3.05) is 68.5 Å². The highest BCUT2D eigenvalue weighted by Crippen LogP contribution is 2.40. The molecule has 3 aliphatic heterocycles. The molecule has 1 spiro atoms. The van der Waals surface area contributed by atoms with Crippen LogP contribution in [0.4, 0.5) is 26.3 Å². The van der Waals surface area contributed by atoms with Gasteiger partial charge in [-0.25, -0.2) is 0 Å².